The Balaban J connectivity index is 1.06. The Morgan fingerprint density at radius 1 is 1.05 bits per heavy atom. The minimum atomic E-state index is -1.16. The third-order valence-electron chi connectivity index (χ3n) is 13.4. The molecule has 3 saturated carbocycles. The molecule has 1 N–H and O–H groups in total. The molecule has 4 heterocycles. The minimum Gasteiger partial charge on any atom is -0.491 e. The van der Waals surface area contributed by atoms with E-state index in [1.54, 1.807) is 24.4 Å². The van der Waals surface area contributed by atoms with Crippen LogP contribution in [0.15, 0.2) is 28.4 Å². The number of hydrogen-bond acceptors (Lipinski definition) is 13. The maximum absolute atomic E-state index is 14.8. The first kappa shape index (κ1) is 42.4. The zero-order valence-electron chi connectivity index (χ0n) is 34.9. The van der Waals surface area contributed by atoms with Gasteiger partial charge in [0, 0.05) is 50.1 Å². The molecule has 16 heteroatoms. The Kier molecular flexibility index (Phi) is 12.1. The van der Waals surface area contributed by atoms with Crippen LogP contribution in [-0.2, 0) is 28.7 Å². The van der Waals surface area contributed by atoms with E-state index in [1.807, 2.05) is 27.7 Å². The molecule has 0 spiro atoms. The molecule has 8 atom stereocenters. The number of nitrogens with zero attached hydrogens (tertiary/aromatic N) is 5. The van der Waals surface area contributed by atoms with Gasteiger partial charge in [-0.25, -0.2) is 4.98 Å². The van der Waals surface area contributed by atoms with E-state index in [0.717, 1.165) is 25.9 Å². The fraction of sp³-hybridized carbons (Fsp3) is 0.659. The topological polar surface area (TPSA) is 179 Å². The number of rotatable bonds is 16. The molecule has 1 aromatic heterocycles. The number of ketones is 1. The number of morpholine rings is 1. The van der Waals surface area contributed by atoms with Crippen LogP contribution in [0.5, 0.6) is 17.4 Å². The number of halogens is 1. The average Bonchev–Trinajstić information content (AvgIpc) is 3.85. The number of carbonyl (C=O) groups is 4. The number of fused-ring (bicyclic) bond motifs is 2. The molecule has 5 fully saturated rings. The van der Waals surface area contributed by atoms with Crippen molar-refractivity contribution in [2.24, 2.45) is 44.7 Å². The summed E-state index contributed by atoms with van der Waals surface area (Å²) in [4.78, 5) is 63.6. The number of aliphatic carboxylic acids is 1. The Morgan fingerprint density at radius 2 is 1.82 bits per heavy atom. The van der Waals surface area contributed by atoms with E-state index in [2.05, 4.69) is 15.1 Å². The molecule has 2 saturated heterocycles. The minimum absolute atomic E-state index is 0.0250. The van der Waals surface area contributed by atoms with Gasteiger partial charge in [-0.15, -0.1) is 5.10 Å². The van der Waals surface area contributed by atoms with Crippen molar-refractivity contribution in [3.8, 4) is 17.4 Å². The standard InChI is InChI=1S/C44H56ClN5O10/c1-5-27-22-44(27,42(54)55)23-33(51)32-19-29(24-50(32)41(53)31(43(2,3)4)20-38(52)59-28-17-25-16-26(25)18-28)58-35-21-37(60-36-8-9-46-48-36)47-40-30(35)6-7-34(39(40)45)57-15-12-49-10-13-56-14-11-49/h6-7,9,21,25-29,31-32H,5,8,10-20,22-24H2,1-4H3,(H,54,55)/t25-,26+,27-,28?,29-,31-,32+,44-/m1/s1. The molecule has 1 amide bonds. The number of amides is 1. The third-order valence-corrected chi connectivity index (χ3v) is 13.8. The van der Waals surface area contributed by atoms with Crippen LogP contribution in [0.1, 0.15) is 85.5 Å². The molecule has 1 unspecified atom stereocenters. The molecule has 6 aliphatic rings. The lowest BCUT2D eigenvalue weighted by molar-refractivity contribution is -0.157. The molecule has 0 bridgehead atoms. The molecule has 3 aliphatic carbocycles. The van der Waals surface area contributed by atoms with Gasteiger partial charge in [-0.1, -0.05) is 45.7 Å². The largest absolute Gasteiger partial charge is 0.491 e. The van der Waals surface area contributed by atoms with Gasteiger partial charge in [0.1, 0.15) is 40.9 Å². The first-order valence-corrected chi connectivity index (χ1v) is 21.8. The number of likely N-dealkylation sites (tertiary alicyclic amines) is 1. The fourth-order valence-electron chi connectivity index (χ4n) is 9.64. The zero-order chi connectivity index (χ0) is 42.3. The first-order chi connectivity index (χ1) is 28.7. The van der Waals surface area contributed by atoms with Gasteiger partial charge >= 0.3 is 11.9 Å². The van der Waals surface area contributed by atoms with E-state index in [9.17, 15) is 24.3 Å². The molecule has 15 nitrogen and oxygen atoms in total. The summed E-state index contributed by atoms with van der Waals surface area (Å²) >= 11 is 7.00. The Morgan fingerprint density at radius 3 is 2.48 bits per heavy atom. The summed E-state index contributed by atoms with van der Waals surface area (Å²) in [5.41, 5.74) is -1.46. The van der Waals surface area contributed by atoms with Crippen LogP contribution in [0.25, 0.3) is 10.9 Å². The number of benzene rings is 1. The van der Waals surface area contributed by atoms with Gasteiger partial charge in [0.05, 0.1) is 50.0 Å². The molecular formula is C44H56ClN5O10. The van der Waals surface area contributed by atoms with Crippen molar-refractivity contribution in [1.29, 1.82) is 0 Å². The summed E-state index contributed by atoms with van der Waals surface area (Å²) < 4.78 is 30.2. The van der Waals surface area contributed by atoms with Gasteiger partial charge in [0.25, 0.3) is 0 Å². The number of ether oxygens (including phenoxy) is 5. The fourth-order valence-corrected chi connectivity index (χ4v) is 9.90. The molecule has 8 rings (SSSR count). The van der Waals surface area contributed by atoms with Crippen molar-refractivity contribution in [3.05, 3.63) is 23.2 Å². The highest BCUT2D eigenvalue weighted by atomic mass is 35.5. The number of carbonyl (C=O) groups excluding carboxylic acids is 3. The number of Topliss-reactive ketones (excluding diaryl/α,β-unsaturated/α-hetero) is 1. The van der Waals surface area contributed by atoms with Crippen molar-refractivity contribution in [3.63, 3.8) is 0 Å². The van der Waals surface area contributed by atoms with Gasteiger partial charge in [-0.2, -0.15) is 5.10 Å². The smallest absolute Gasteiger partial charge is 0.310 e. The second-order valence-corrected chi connectivity index (χ2v) is 18.9. The number of carboxylic acid groups (broad SMARTS) is 1. The third kappa shape index (κ3) is 9.13. The maximum Gasteiger partial charge on any atom is 0.310 e. The lowest BCUT2D eigenvalue weighted by Gasteiger charge is -2.35. The Bertz CT molecular complexity index is 2060. The van der Waals surface area contributed by atoms with Crippen molar-refractivity contribution < 1.29 is 48.0 Å². The van der Waals surface area contributed by atoms with E-state index in [4.69, 9.17) is 40.3 Å². The van der Waals surface area contributed by atoms with Crippen molar-refractivity contribution in [1.82, 2.24) is 14.8 Å². The van der Waals surface area contributed by atoms with E-state index in [1.165, 1.54) is 11.3 Å². The summed E-state index contributed by atoms with van der Waals surface area (Å²) in [5.74, 6) is -0.510. The normalized spacial score (nSPS) is 28.9. The monoisotopic (exact) mass is 849 g/mol. The predicted octanol–water partition coefficient (Wildman–Crippen LogP) is 5.97. The van der Waals surface area contributed by atoms with Crippen LogP contribution in [0, 0.1) is 34.5 Å². The van der Waals surface area contributed by atoms with E-state index < -0.39 is 40.8 Å². The number of aromatic nitrogens is 1. The van der Waals surface area contributed by atoms with Gasteiger partial charge < -0.3 is 33.7 Å². The molecule has 1 aromatic carbocycles. The molecule has 3 aliphatic heterocycles. The molecule has 0 radical (unpaired) electrons. The average molecular weight is 850 g/mol. The van der Waals surface area contributed by atoms with E-state index in [0.29, 0.717) is 85.8 Å². The van der Waals surface area contributed by atoms with Gasteiger partial charge in [-0.3, -0.25) is 24.1 Å². The molecule has 60 heavy (non-hydrogen) atoms. The van der Waals surface area contributed by atoms with Crippen LogP contribution in [0.2, 0.25) is 5.02 Å². The summed E-state index contributed by atoms with van der Waals surface area (Å²) in [7, 11) is 0. The summed E-state index contributed by atoms with van der Waals surface area (Å²) in [6.07, 6.45) is 4.91. The second kappa shape index (κ2) is 17.2. The lowest BCUT2D eigenvalue weighted by atomic mass is 9.77. The molecule has 324 valence electrons. The number of carboxylic acids is 1. The van der Waals surface area contributed by atoms with Crippen LogP contribution in [0.3, 0.4) is 0 Å². The van der Waals surface area contributed by atoms with E-state index in [-0.39, 0.29) is 60.4 Å². The number of hydrogen-bond donors (Lipinski definition) is 1. The van der Waals surface area contributed by atoms with Gasteiger partial charge in [-0.05, 0) is 61.0 Å². The van der Waals surface area contributed by atoms with Crippen molar-refractivity contribution >= 4 is 58.2 Å². The highest BCUT2D eigenvalue weighted by molar-refractivity contribution is 6.36. The SMILES string of the molecule is CC[C@@H]1C[C@]1(CC(=O)[C@@H]1C[C@@H](Oc2cc(OC3=NN=CC3)nc3c(Cl)c(OCCN4CCOCC4)ccc23)CN1C(=O)[C@@H](CC(=O)OC1C[C@@H]2C[C@@H]2C1)C(C)(C)C)C(=O)O. The second-order valence-electron chi connectivity index (χ2n) is 18.5. The molecule has 2 aromatic rings. The van der Waals surface area contributed by atoms with Gasteiger partial charge in [0.15, 0.2) is 5.78 Å². The Labute approximate surface area is 355 Å². The highest BCUT2D eigenvalue weighted by Crippen LogP contribution is 2.58. The first-order valence-electron chi connectivity index (χ1n) is 21.5. The van der Waals surface area contributed by atoms with Crippen LogP contribution >= 0.6 is 11.6 Å². The zero-order valence-corrected chi connectivity index (χ0v) is 35.7. The van der Waals surface area contributed by atoms with Crippen molar-refractivity contribution in [2.75, 3.05) is 46.0 Å². The van der Waals surface area contributed by atoms with Crippen LogP contribution < -0.4 is 14.2 Å². The maximum atomic E-state index is 14.8. The van der Waals surface area contributed by atoms with E-state index >= 15 is 0 Å². The van der Waals surface area contributed by atoms with Gasteiger partial charge in [0.2, 0.25) is 17.7 Å². The summed E-state index contributed by atoms with van der Waals surface area (Å²) in [5, 5.41) is 19.0. The Hall–Kier alpha value is -4.34. The highest BCUT2D eigenvalue weighted by Gasteiger charge is 2.61. The van der Waals surface area contributed by atoms with Crippen molar-refractivity contribution in [2.45, 2.75) is 104 Å². The predicted molar refractivity (Wildman–Crippen MR) is 222 cm³/mol. The summed E-state index contributed by atoms with van der Waals surface area (Å²) in [6, 6.07) is 4.22. The van der Waals surface area contributed by atoms with Crippen LogP contribution in [-0.4, -0.2) is 120 Å². The van der Waals surface area contributed by atoms with Crippen LogP contribution in [0.4, 0.5) is 0 Å². The summed E-state index contributed by atoms with van der Waals surface area (Å²) in [6.45, 7) is 11.8. The quantitative estimate of drug-likeness (QED) is 0.196. The molecular weight excluding hydrogens is 794 g/mol. The lowest BCUT2D eigenvalue weighted by Crippen LogP contribution is -2.48. The number of pyridine rings is 1. The number of esters is 1.